The molecular weight excluding hydrogens is 318 g/mol. The Balaban J connectivity index is 1.61. The van der Waals surface area contributed by atoms with E-state index in [1.54, 1.807) is 30.7 Å². The fourth-order valence-electron chi connectivity index (χ4n) is 2.83. The van der Waals surface area contributed by atoms with E-state index in [2.05, 4.69) is 9.97 Å². The molecule has 1 aliphatic heterocycles. The smallest absolute Gasteiger partial charge is 0.255 e. The van der Waals surface area contributed by atoms with Crippen molar-refractivity contribution in [1.82, 2.24) is 14.9 Å². The van der Waals surface area contributed by atoms with Crippen molar-refractivity contribution in [2.45, 2.75) is 38.9 Å². The second-order valence-corrected chi connectivity index (χ2v) is 6.37. The highest BCUT2D eigenvalue weighted by Crippen LogP contribution is 2.19. The molecule has 3 rings (SSSR count). The largest absolute Gasteiger partial charge is 0.488 e. The van der Waals surface area contributed by atoms with Crippen molar-refractivity contribution >= 4 is 5.91 Å². The highest BCUT2D eigenvalue weighted by Gasteiger charge is 2.26. The molecule has 0 saturated carbocycles. The van der Waals surface area contributed by atoms with Crippen molar-refractivity contribution in [2.75, 3.05) is 13.1 Å². The molecule has 6 heteroatoms. The minimum absolute atomic E-state index is 0.00314. The molecule has 0 bridgehead atoms. The molecule has 0 aliphatic carbocycles. The number of amides is 1. The number of ether oxygens (including phenoxy) is 2. The lowest BCUT2D eigenvalue weighted by molar-refractivity contribution is 0.0537. The van der Waals surface area contributed by atoms with Crippen LogP contribution < -0.4 is 9.47 Å². The van der Waals surface area contributed by atoms with Crippen LogP contribution in [-0.4, -0.2) is 46.1 Å². The third-order valence-electron chi connectivity index (χ3n) is 3.96. The first-order valence-corrected chi connectivity index (χ1v) is 8.60. The van der Waals surface area contributed by atoms with Gasteiger partial charge in [0.25, 0.3) is 5.91 Å². The lowest BCUT2D eigenvalue weighted by atomic mass is 10.1. The van der Waals surface area contributed by atoms with Crippen LogP contribution in [0.25, 0.3) is 0 Å². The number of likely N-dealkylation sites (tertiary alicyclic amines) is 1. The Morgan fingerprint density at radius 1 is 1.24 bits per heavy atom. The zero-order valence-corrected chi connectivity index (χ0v) is 14.6. The van der Waals surface area contributed by atoms with Crippen molar-refractivity contribution in [1.29, 1.82) is 0 Å². The van der Waals surface area contributed by atoms with Crippen molar-refractivity contribution in [3.8, 4) is 11.6 Å². The van der Waals surface area contributed by atoms with Crippen LogP contribution in [0.15, 0.2) is 42.9 Å². The van der Waals surface area contributed by atoms with Crippen LogP contribution in [0, 0.1) is 0 Å². The molecule has 6 nitrogen and oxygen atoms in total. The minimum Gasteiger partial charge on any atom is -0.488 e. The highest BCUT2D eigenvalue weighted by molar-refractivity contribution is 5.94. The number of carbonyl (C=O) groups excluding carboxylic acids is 1. The Bertz CT molecular complexity index is 689. The maximum Gasteiger partial charge on any atom is 0.255 e. The SMILES string of the molecule is CC(C)Oc1ccc(C(=O)N2CCCC(Oc3ccncc3)C2)cn1. The third kappa shape index (κ3) is 4.68. The Kier molecular flexibility index (Phi) is 5.48. The van der Waals surface area contributed by atoms with Crippen LogP contribution in [0.3, 0.4) is 0 Å². The summed E-state index contributed by atoms with van der Waals surface area (Å²) in [7, 11) is 0. The minimum atomic E-state index is -0.0216. The summed E-state index contributed by atoms with van der Waals surface area (Å²) >= 11 is 0. The van der Waals surface area contributed by atoms with E-state index < -0.39 is 0 Å². The molecule has 0 aromatic carbocycles. The number of nitrogens with zero attached hydrogens (tertiary/aromatic N) is 3. The van der Waals surface area contributed by atoms with Gasteiger partial charge in [0.1, 0.15) is 11.9 Å². The first kappa shape index (κ1) is 17.2. The Morgan fingerprint density at radius 2 is 2.04 bits per heavy atom. The number of carbonyl (C=O) groups is 1. The number of piperidine rings is 1. The summed E-state index contributed by atoms with van der Waals surface area (Å²) in [6.07, 6.45) is 6.89. The lowest BCUT2D eigenvalue weighted by Crippen LogP contribution is -2.44. The van der Waals surface area contributed by atoms with Crippen molar-refractivity contribution in [2.24, 2.45) is 0 Å². The molecule has 0 radical (unpaired) electrons. The molecule has 1 amide bonds. The van der Waals surface area contributed by atoms with Crippen molar-refractivity contribution < 1.29 is 14.3 Å². The Labute approximate surface area is 147 Å². The molecule has 25 heavy (non-hydrogen) atoms. The van der Waals surface area contributed by atoms with Gasteiger partial charge in [-0.05, 0) is 44.9 Å². The summed E-state index contributed by atoms with van der Waals surface area (Å²) in [5.74, 6) is 1.29. The molecule has 2 aromatic heterocycles. The number of hydrogen-bond acceptors (Lipinski definition) is 5. The summed E-state index contributed by atoms with van der Waals surface area (Å²) in [6, 6.07) is 7.17. The molecule has 132 valence electrons. The normalized spacial score (nSPS) is 17.4. The average molecular weight is 341 g/mol. The summed E-state index contributed by atoms with van der Waals surface area (Å²) in [5.41, 5.74) is 0.570. The maximum atomic E-state index is 12.7. The first-order chi connectivity index (χ1) is 12.1. The predicted octanol–water partition coefficient (Wildman–Crippen LogP) is 2.95. The standard InChI is InChI=1S/C19H23N3O3/c1-14(2)24-18-6-5-15(12-21-18)19(23)22-11-3-4-17(13-22)25-16-7-9-20-10-8-16/h5-10,12,14,17H,3-4,11,13H2,1-2H3. The molecule has 0 spiro atoms. The number of hydrogen-bond donors (Lipinski definition) is 0. The monoisotopic (exact) mass is 341 g/mol. The fourth-order valence-corrected chi connectivity index (χ4v) is 2.83. The van der Waals surface area contributed by atoms with Gasteiger partial charge < -0.3 is 14.4 Å². The first-order valence-electron chi connectivity index (χ1n) is 8.60. The van der Waals surface area contributed by atoms with E-state index in [1.807, 2.05) is 30.9 Å². The summed E-state index contributed by atoms with van der Waals surface area (Å²) in [5, 5.41) is 0. The van der Waals surface area contributed by atoms with Gasteiger partial charge in [-0.25, -0.2) is 4.98 Å². The number of aromatic nitrogens is 2. The average Bonchev–Trinajstić information content (AvgIpc) is 2.62. The van der Waals surface area contributed by atoms with E-state index in [0.29, 0.717) is 18.0 Å². The molecule has 1 fully saturated rings. The fraction of sp³-hybridized carbons (Fsp3) is 0.421. The molecule has 1 unspecified atom stereocenters. The second-order valence-electron chi connectivity index (χ2n) is 6.37. The van der Waals surface area contributed by atoms with Crippen LogP contribution >= 0.6 is 0 Å². The topological polar surface area (TPSA) is 64.5 Å². The van der Waals surface area contributed by atoms with Gasteiger partial charge in [0.05, 0.1) is 18.2 Å². The zero-order chi connectivity index (χ0) is 17.6. The van der Waals surface area contributed by atoms with E-state index in [9.17, 15) is 4.79 Å². The van der Waals surface area contributed by atoms with Gasteiger partial charge in [-0.3, -0.25) is 9.78 Å². The van der Waals surface area contributed by atoms with E-state index in [0.717, 1.165) is 25.1 Å². The van der Waals surface area contributed by atoms with Crippen LogP contribution in [0.5, 0.6) is 11.6 Å². The molecule has 1 saturated heterocycles. The van der Waals surface area contributed by atoms with Crippen LogP contribution in [-0.2, 0) is 0 Å². The van der Waals surface area contributed by atoms with E-state index in [4.69, 9.17) is 9.47 Å². The lowest BCUT2D eigenvalue weighted by Gasteiger charge is -2.33. The second kappa shape index (κ2) is 7.96. The number of rotatable bonds is 5. The van der Waals surface area contributed by atoms with Gasteiger partial charge in [-0.2, -0.15) is 0 Å². The van der Waals surface area contributed by atoms with Gasteiger partial charge in [0, 0.05) is 31.2 Å². The molecule has 2 aromatic rings. The quantitative estimate of drug-likeness (QED) is 0.836. The van der Waals surface area contributed by atoms with E-state index in [-0.39, 0.29) is 18.1 Å². The molecule has 0 N–H and O–H groups in total. The van der Waals surface area contributed by atoms with Crippen LogP contribution in [0.4, 0.5) is 0 Å². The van der Waals surface area contributed by atoms with Gasteiger partial charge in [0.15, 0.2) is 0 Å². The van der Waals surface area contributed by atoms with Crippen LogP contribution in [0.1, 0.15) is 37.0 Å². The van der Waals surface area contributed by atoms with Gasteiger partial charge in [-0.1, -0.05) is 0 Å². The number of pyridine rings is 2. The van der Waals surface area contributed by atoms with Gasteiger partial charge >= 0.3 is 0 Å². The third-order valence-corrected chi connectivity index (χ3v) is 3.96. The molecule has 1 atom stereocenters. The summed E-state index contributed by atoms with van der Waals surface area (Å²) in [6.45, 7) is 5.19. The Morgan fingerprint density at radius 3 is 2.72 bits per heavy atom. The van der Waals surface area contributed by atoms with Crippen LogP contribution in [0.2, 0.25) is 0 Å². The molecular formula is C19H23N3O3. The molecule has 3 heterocycles. The molecule has 1 aliphatic rings. The predicted molar refractivity (Wildman–Crippen MR) is 93.8 cm³/mol. The Hall–Kier alpha value is -2.63. The van der Waals surface area contributed by atoms with Gasteiger partial charge in [-0.15, -0.1) is 0 Å². The van der Waals surface area contributed by atoms with Gasteiger partial charge in [0.2, 0.25) is 5.88 Å². The highest BCUT2D eigenvalue weighted by atomic mass is 16.5. The summed E-state index contributed by atoms with van der Waals surface area (Å²) < 4.78 is 11.5. The van der Waals surface area contributed by atoms with E-state index >= 15 is 0 Å². The van der Waals surface area contributed by atoms with E-state index in [1.165, 1.54) is 0 Å². The summed E-state index contributed by atoms with van der Waals surface area (Å²) in [4.78, 5) is 22.7. The van der Waals surface area contributed by atoms with Crippen molar-refractivity contribution in [3.63, 3.8) is 0 Å². The van der Waals surface area contributed by atoms with Crippen molar-refractivity contribution in [3.05, 3.63) is 48.4 Å². The maximum absolute atomic E-state index is 12.7. The zero-order valence-electron chi connectivity index (χ0n) is 14.6.